The van der Waals surface area contributed by atoms with Gasteiger partial charge in [-0.2, -0.15) is 0 Å². The van der Waals surface area contributed by atoms with Gasteiger partial charge in [-0.1, -0.05) is 17.7 Å². The maximum absolute atomic E-state index is 12.2. The second kappa shape index (κ2) is 7.02. The molecule has 1 saturated heterocycles. The standard InChI is InChI=1S/C16H19ClN4O2/c1-20-15(11-23-13-4-2-3-12(17)9-13)19-14(10-16(20)22)21-7-5-18-6-8-21/h2-4,9-10,18H,5-8,11H2,1H3. The Morgan fingerprint density at radius 1 is 1.30 bits per heavy atom. The third kappa shape index (κ3) is 3.83. The average Bonchev–Trinajstić information content (AvgIpc) is 2.57. The Morgan fingerprint density at radius 2 is 2.09 bits per heavy atom. The molecule has 7 heteroatoms. The summed E-state index contributed by atoms with van der Waals surface area (Å²) in [4.78, 5) is 18.9. The molecule has 23 heavy (non-hydrogen) atoms. The molecule has 1 aliphatic heterocycles. The van der Waals surface area contributed by atoms with Gasteiger partial charge in [0.15, 0.2) is 5.82 Å². The van der Waals surface area contributed by atoms with Gasteiger partial charge in [0.05, 0.1) is 0 Å². The van der Waals surface area contributed by atoms with E-state index in [1.54, 1.807) is 25.2 Å². The summed E-state index contributed by atoms with van der Waals surface area (Å²) in [5, 5.41) is 3.90. The average molecular weight is 335 g/mol. The Balaban J connectivity index is 1.80. The first kappa shape index (κ1) is 15.8. The molecule has 1 aromatic heterocycles. The molecular weight excluding hydrogens is 316 g/mol. The largest absolute Gasteiger partial charge is 0.486 e. The first-order valence-electron chi connectivity index (χ1n) is 7.54. The molecule has 2 heterocycles. The topological polar surface area (TPSA) is 59.4 Å². The number of piperazine rings is 1. The van der Waals surface area contributed by atoms with E-state index in [0.29, 0.717) is 22.4 Å². The maximum Gasteiger partial charge on any atom is 0.255 e. The fraction of sp³-hybridized carbons (Fsp3) is 0.375. The van der Waals surface area contributed by atoms with Crippen LogP contribution in [0.25, 0.3) is 0 Å². The molecule has 0 radical (unpaired) electrons. The summed E-state index contributed by atoms with van der Waals surface area (Å²) in [7, 11) is 1.70. The van der Waals surface area contributed by atoms with Gasteiger partial charge in [-0.05, 0) is 18.2 Å². The van der Waals surface area contributed by atoms with E-state index in [1.807, 2.05) is 12.1 Å². The number of ether oxygens (including phenoxy) is 1. The van der Waals surface area contributed by atoms with Crippen molar-refractivity contribution in [1.29, 1.82) is 0 Å². The smallest absolute Gasteiger partial charge is 0.255 e. The minimum absolute atomic E-state index is 0.0850. The summed E-state index contributed by atoms with van der Waals surface area (Å²) in [6.45, 7) is 3.69. The molecular formula is C16H19ClN4O2. The minimum atomic E-state index is -0.0850. The fourth-order valence-electron chi connectivity index (χ4n) is 2.46. The molecule has 1 fully saturated rings. The highest BCUT2D eigenvalue weighted by Crippen LogP contribution is 2.18. The number of nitrogens with zero attached hydrogens (tertiary/aromatic N) is 3. The predicted molar refractivity (Wildman–Crippen MR) is 90.3 cm³/mol. The molecule has 0 aliphatic carbocycles. The van der Waals surface area contributed by atoms with Gasteiger partial charge in [-0.3, -0.25) is 9.36 Å². The second-order valence-corrected chi connectivity index (χ2v) is 5.85. The van der Waals surface area contributed by atoms with Crippen LogP contribution in [0, 0.1) is 0 Å². The summed E-state index contributed by atoms with van der Waals surface area (Å²) in [5.74, 6) is 1.95. The van der Waals surface area contributed by atoms with Crippen LogP contribution in [-0.4, -0.2) is 35.7 Å². The van der Waals surface area contributed by atoms with Gasteiger partial charge in [0.2, 0.25) is 0 Å². The Labute approximate surface area is 139 Å². The molecule has 1 N–H and O–H groups in total. The van der Waals surface area contributed by atoms with Crippen molar-refractivity contribution < 1.29 is 4.74 Å². The molecule has 1 aliphatic rings. The van der Waals surface area contributed by atoms with E-state index in [-0.39, 0.29) is 12.2 Å². The highest BCUT2D eigenvalue weighted by molar-refractivity contribution is 6.30. The molecule has 2 aromatic rings. The number of hydrogen-bond acceptors (Lipinski definition) is 5. The molecule has 0 atom stereocenters. The first-order valence-corrected chi connectivity index (χ1v) is 7.92. The van der Waals surface area contributed by atoms with Gasteiger partial charge in [0.1, 0.15) is 18.2 Å². The van der Waals surface area contributed by atoms with Crippen LogP contribution in [0.15, 0.2) is 35.1 Å². The Hall–Kier alpha value is -2.05. The molecule has 0 amide bonds. The van der Waals surface area contributed by atoms with Gasteiger partial charge in [-0.15, -0.1) is 0 Å². The van der Waals surface area contributed by atoms with Crippen molar-refractivity contribution in [3.8, 4) is 5.75 Å². The van der Waals surface area contributed by atoms with E-state index in [2.05, 4.69) is 15.2 Å². The number of hydrogen-bond donors (Lipinski definition) is 1. The molecule has 0 saturated carbocycles. The number of benzene rings is 1. The van der Waals surface area contributed by atoms with Crippen molar-refractivity contribution in [2.45, 2.75) is 6.61 Å². The Morgan fingerprint density at radius 3 is 2.83 bits per heavy atom. The normalized spacial score (nSPS) is 14.8. The first-order chi connectivity index (χ1) is 11.1. The van der Waals surface area contributed by atoms with Crippen molar-refractivity contribution in [3.63, 3.8) is 0 Å². The maximum atomic E-state index is 12.2. The summed E-state index contributed by atoms with van der Waals surface area (Å²) in [5.41, 5.74) is -0.0850. The highest BCUT2D eigenvalue weighted by Gasteiger charge is 2.15. The van der Waals surface area contributed by atoms with Crippen molar-refractivity contribution in [2.75, 3.05) is 31.1 Å². The Bertz CT molecular complexity index is 741. The van der Waals surface area contributed by atoms with Gasteiger partial charge >= 0.3 is 0 Å². The zero-order chi connectivity index (χ0) is 16.2. The lowest BCUT2D eigenvalue weighted by atomic mass is 10.3. The summed E-state index contributed by atoms with van der Waals surface area (Å²) in [6.07, 6.45) is 0. The molecule has 3 rings (SSSR count). The number of aromatic nitrogens is 2. The molecule has 0 spiro atoms. The van der Waals surface area contributed by atoms with Crippen LogP contribution in [0.2, 0.25) is 5.02 Å². The lowest BCUT2D eigenvalue weighted by Crippen LogP contribution is -2.44. The SMILES string of the molecule is Cn1c(COc2cccc(Cl)c2)nc(N2CCNCC2)cc1=O. The van der Waals surface area contributed by atoms with Crippen LogP contribution in [0.5, 0.6) is 5.75 Å². The van der Waals surface area contributed by atoms with Crippen molar-refractivity contribution in [2.24, 2.45) is 7.05 Å². The molecule has 1 aromatic carbocycles. The van der Waals surface area contributed by atoms with Crippen LogP contribution in [0.1, 0.15) is 5.82 Å². The number of rotatable bonds is 4. The number of anilines is 1. The summed E-state index contributed by atoms with van der Waals surface area (Å²) < 4.78 is 7.22. The monoisotopic (exact) mass is 334 g/mol. The molecule has 0 bridgehead atoms. The van der Waals surface area contributed by atoms with Crippen molar-refractivity contribution in [3.05, 3.63) is 51.5 Å². The van der Waals surface area contributed by atoms with Crippen LogP contribution >= 0.6 is 11.6 Å². The van der Waals surface area contributed by atoms with Crippen molar-refractivity contribution in [1.82, 2.24) is 14.9 Å². The Kier molecular flexibility index (Phi) is 4.83. The second-order valence-electron chi connectivity index (χ2n) is 5.41. The minimum Gasteiger partial charge on any atom is -0.486 e. The van der Waals surface area contributed by atoms with Gasteiger partial charge in [0, 0.05) is 44.3 Å². The van der Waals surface area contributed by atoms with Gasteiger partial charge in [-0.25, -0.2) is 4.98 Å². The van der Waals surface area contributed by atoms with Crippen LogP contribution < -0.4 is 20.5 Å². The number of nitrogens with one attached hydrogen (secondary N) is 1. The third-order valence-corrected chi connectivity index (χ3v) is 4.05. The zero-order valence-electron chi connectivity index (χ0n) is 13.0. The quantitative estimate of drug-likeness (QED) is 0.916. The summed E-state index contributed by atoms with van der Waals surface area (Å²) in [6, 6.07) is 8.74. The number of halogens is 1. The lowest BCUT2D eigenvalue weighted by molar-refractivity contribution is 0.289. The molecule has 0 unspecified atom stereocenters. The van der Waals surface area contributed by atoms with Crippen LogP contribution in [0.4, 0.5) is 5.82 Å². The van der Waals surface area contributed by atoms with E-state index in [9.17, 15) is 4.79 Å². The van der Waals surface area contributed by atoms with E-state index in [1.165, 1.54) is 4.57 Å². The highest BCUT2D eigenvalue weighted by atomic mass is 35.5. The van der Waals surface area contributed by atoms with E-state index in [4.69, 9.17) is 16.3 Å². The van der Waals surface area contributed by atoms with E-state index < -0.39 is 0 Å². The van der Waals surface area contributed by atoms with Crippen LogP contribution in [-0.2, 0) is 13.7 Å². The lowest BCUT2D eigenvalue weighted by Gasteiger charge is -2.28. The zero-order valence-corrected chi connectivity index (χ0v) is 13.7. The van der Waals surface area contributed by atoms with Crippen LogP contribution in [0.3, 0.4) is 0 Å². The molecule has 6 nitrogen and oxygen atoms in total. The summed E-state index contributed by atoms with van der Waals surface area (Å²) >= 11 is 5.95. The van der Waals surface area contributed by atoms with Crippen molar-refractivity contribution >= 4 is 17.4 Å². The predicted octanol–water partition coefficient (Wildman–Crippen LogP) is 1.42. The van der Waals surface area contributed by atoms with E-state index in [0.717, 1.165) is 26.2 Å². The van der Waals surface area contributed by atoms with E-state index >= 15 is 0 Å². The van der Waals surface area contributed by atoms with Gasteiger partial charge in [0.25, 0.3) is 5.56 Å². The fourth-order valence-corrected chi connectivity index (χ4v) is 2.64. The van der Waals surface area contributed by atoms with Gasteiger partial charge < -0.3 is 15.0 Å². The molecule has 122 valence electrons. The third-order valence-electron chi connectivity index (χ3n) is 3.82.